The van der Waals surface area contributed by atoms with Gasteiger partial charge in [0.2, 0.25) is 5.95 Å². The molecule has 0 aliphatic carbocycles. The molecule has 3 N–H and O–H groups in total. The van der Waals surface area contributed by atoms with E-state index in [1.807, 2.05) is 13.0 Å². The molecule has 33 heavy (non-hydrogen) atoms. The fourth-order valence-electron chi connectivity index (χ4n) is 3.54. The average Bonchev–Trinajstić information content (AvgIpc) is 2.87. The van der Waals surface area contributed by atoms with Crippen LogP contribution in [0.2, 0.25) is 0 Å². The fraction of sp³-hybridized carbons (Fsp3) is 0.217. The minimum Gasteiger partial charge on any atom is -0.369 e. The molecule has 10 heteroatoms. The van der Waals surface area contributed by atoms with Crippen molar-refractivity contribution in [1.82, 2.24) is 30.2 Å². The van der Waals surface area contributed by atoms with Crippen molar-refractivity contribution in [3.05, 3.63) is 66.1 Å². The van der Waals surface area contributed by atoms with Gasteiger partial charge in [0.05, 0.1) is 16.8 Å². The third kappa shape index (κ3) is 4.54. The molecule has 0 bridgehead atoms. The topological polar surface area (TPSA) is 118 Å². The number of aromatic nitrogens is 5. The molecule has 0 spiro atoms. The van der Waals surface area contributed by atoms with Crippen molar-refractivity contribution in [3.63, 3.8) is 0 Å². The Morgan fingerprint density at radius 2 is 1.85 bits per heavy atom. The molecule has 4 aromatic rings. The molecule has 3 aromatic heterocycles. The van der Waals surface area contributed by atoms with E-state index in [0.29, 0.717) is 29.5 Å². The molecule has 1 atom stereocenters. The van der Waals surface area contributed by atoms with Gasteiger partial charge in [-0.2, -0.15) is 0 Å². The second kappa shape index (κ2) is 9.51. The first-order valence-corrected chi connectivity index (χ1v) is 10.4. The maximum Gasteiger partial charge on any atom is 0.251 e. The van der Waals surface area contributed by atoms with E-state index in [9.17, 15) is 9.18 Å². The summed E-state index contributed by atoms with van der Waals surface area (Å²) in [5, 5.41) is 8.94. The molecule has 1 amide bonds. The molecule has 0 aliphatic rings. The minimum absolute atomic E-state index is 0.0443. The maximum atomic E-state index is 14.6. The molecule has 1 aromatic carbocycles. The number of carbonyl (C=O) groups excluding carboxylic acids is 1. The van der Waals surface area contributed by atoms with Crippen LogP contribution in [0.3, 0.4) is 0 Å². The van der Waals surface area contributed by atoms with Crippen LogP contribution in [-0.4, -0.2) is 51.5 Å². The quantitative estimate of drug-likeness (QED) is 0.396. The van der Waals surface area contributed by atoms with E-state index < -0.39 is 5.82 Å². The zero-order chi connectivity index (χ0) is 23.4. The van der Waals surface area contributed by atoms with E-state index in [2.05, 4.69) is 40.9 Å². The van der Waals surface area contributed by atoms with Crippen LogP contribution in [0.4, 0.5) is 16.2 Å². The molecule has 0 radical (unpaired) electrons. The predicted molar refractivity (Wildman–Crippen MR) is 125 cm³/mol. The summed E-state index contributed by atoms with van der Waals surface area (Å²) < 4.78 is 14.6. The van der Waals surface area contributed by atoms with Crippen LogP contribution in [0.5, 0.6) is 0 Å². The number of halogens is 1. The Kier molecular flexibility index (Phi) is 6.34. The van der Waals surface area contributed by atoms with Crippen LogP contribution < -0.4 is 16.0 Å². The summed E-state index contributed by atoms with van der Waals surface area (Å²) in [5.74, 6) is 0.281. The van der Waals surface area contributed by atoms with Crippen molar-refractivity contribution < 1.29 is 9.18 Å². The lowest BCUT2D eigenvalue weighted by atomic mass is 9.95. The van der Waals surface area contributed by atoms with E-state index in [-0.39, 0.29) is 22.8 Å². The van der Waals surface area contributed by atoms with Crippen LogP contribution in [0.25, 0.3) is 22.2 Å². The molecule has 0 fully saturated rings. The average molecular weight is 446 g/mol. The highest BCUT2D eigenvalue weighted by atomic mass is 19.1. The zero-order valence-electron chi connectivity index (χ0n) is 18.4. The Morgan fingerprint density at radius 3 is 2.58 bits per heavy atom. The molecule has 4 rings (SSSR count). The number of fused-ring (bicyclic) bond motifs is 1. The van der Waals surface area contributed by atoms with E-state index in [0.717, 1.165) is 11.1 Å². The van der Waals surface area contributed by atoms with Gasteiger partial charge in [0, 0.05) is 62.2 Å². The lowest BCUT2D eigenvalue weighted by Gasteiger charge is -2.17. The van der Waals surface area contributed by atoms with Gasteiger partial charge >= 0.3 is 0 Å². The molecule has 3 heterocycles. The zero-order valence-corrected chi connectivity index (χ0v) is 18.4. The summed E-state index contributed by atoms with van der Waals surface area (Å²) in [7, 11) is 3.27. The highest BCUT2D eigenvalue weighted by Gasteiger charge is 2.18. The second-order valence-corrected chi connectivity index (χ2v) is 7.41. The van der Waals surface area contributed by atoms with Crippen LogP contribution in [0.15, 0.2) is 49.2 Å². The van der Waals surface area contributed by atoms with Crippen LogP contribution >= 0.6 is 0 Å². The number of carbonyl (C=O) groups is 1. The molecule has 0 saturated carbocycles. The summed E-state index contributed by atoms with van der Waals surface area (Å²) in [6, 6.07) is 6.41. The lowest BCUT2D eigenvalue weighted by molar-refractivity contribution is 0.0964. The number of hydrogen-bond donors (Lipinski definition) is 3. The maximum absolute atomic E-state index is 14.6. The smallest absolute Gasteiger partial charge is 0.251 e. The highest BCUT2D eigenvalue weighted by Crippen LogP contribution is 2.29. The summed E-state index contributed by atoms with van der Waals surface area (Å²) in [5.41, 5.74) is 3.01. The Hall–Kier alpha value is -4.21. The van der Waals surface area contributed by atoms with Crippen LogP contribution in [-0.2, 0) is 0 Å². The third-order valence-electron chi connectivity index (χ3n) is 5.30. The predicted octanol–water partition coefficient (Wildman–Crippen LogP) is 3.24. The van der Waals surface area contributed by atoms with Gasteiger partial charge in [0.1, 0.15) is 18.0 Å². The molecule has 0 saturated heterocycles. The molecular weight excluding hydrogens is 423 g/mol. The minimum atomic E-state index is -0.479. The largest absolute Gasteiger partial charge is 0.369 e. The lowest BCUT2D eigenvalue weighted by Crippen LogP contribution is -2.19. The molecule has 9 nitrogen and oxygen atoms in total. The fourth-order valence-corrected chi connectivity index (χ4v) is 3.54. The van der Waals surface area contributed by atoms with E-state index in [1.54, 1.807) is 25.5 Å². The van der Waals surface area contributed by atoms with Crippen molar-refractivity contribution in [1.29, 1.82) is 0 Å². The van der Waals surface area contributed by atoms with E-state index in [1.165, 1.54) is 31.7 Å². The van der Waals surface area contributed by atoms with Crippen LogP contribution in [0, 0.1) is 5.82 Å². The molecule has 0 aliphatic heterocycles. The van der Waals surface area contributed by atoms with Crippen molar-refractivity contribution in [2.45, 2.75) is 12.8 Å². The monoisotopic (exact) mass is 446 g/mol. The second-order valence-electron chi connectivity index (χ2n) is 7.41. The standard InChI is InChI=1S/C23H23FN8O/c1-13(15-4-5-17(24)20-16(22(33)25-2)6-7-27-21(15)20)9-28-19-8-18(31-12-32-19)14-10-29-23(26-3)30-11-14/h4-8,10-13H,9H2,1-3H3,(H,25,33)(H,26,29,30)(H,28,31,32)/t13-/m1/s1. The van der Waals surface area contributed by atoms with Gasteiger partial charge in [-0.25, -0.2) is 24.3 Å². The van der Waals surface area contributed by atoms with Gasteiger partial charge in [-0.15, -0.1) is 0 Å². The van der Waals surface area contributed by atoms with E-state index in [4.69, 9.17) is 0 Å². The number of hydrogen-bond acceptors (Lipinski definition) is 8. The number of nitrogens with zero attached hydrogens (tertiary/aromatic N) is 5. The van der Waals surface area contributed by atoms with Gasteiger partial charge in [0.15, 0.2) is 0 Å². The van der Waals surface area contributed by atoms with E-state index >= 15 is 0 Å². The molecule has 0 unspecified atom stereocenters. The third-order valence-corrected chi connectivity index (χ3v) is 5.30. The highest BCUT2D eigenvalue weighted by molar-refractivity contribution is 6.06. The summed E-state index contributed by atoms with van der Waals surface area (Å²) in [4.78, 5) is 33.6. The first-order valence-electron chi connectivity index (χ1n) is 10.4. The van der Waals surface area contributed by atoms with Crippen molar-refractivity contribution in [2.75, 3.05) is 31.3 Å². The first-order chi connectivity index (χ1) is 16.0. The molecular formula is C23H23FN8O. The number of nitrogens with one attached hydrogen (secondary N) is 3. The van der Waals surface area contributed by atoms with Gasteiger partial charge in [-0.3, -0.25) is 9.78 Å². The van der Waals surface area contributed by atoms with Gasteiger partial charge < -0.3 is 16.0 Å². The Balaban J connectivity index is 1.56. The number of anilines is 2. The van der Waals surface area contributed by atoms with Crippen molar-refractivity contribution in [3.8, 4) is 11.3 Å². The number of pyridine rings is 1. The van der Waals surface area contributed by atoms with Crippen molar-refractivity contribution >= 4 is 28.6 Å². The SMILES string of the molecule is CNC(=O)c1ccnc2c([C@H](C)CNc3cc(-c4cnc(NC)nc4)ncn3)ccc(F)c12. The number of benzene rings is 1. The normalized spacial score (nSPS) is 11.8. The Bertz CT molecular complexity index is 1300. The summed E-state index contributed by atoms with van der Waals surface area (Å²) in [6.07, 6.45) is 6.37. The summed E-state index contributed by atoms with van der Waals surface area (Å²) in [6.45, 7) is 2.51. The Labute approximate surface area is 189 Å². The Morgan fingerprint density at radius 1 is 1.06 bits per heavy atom. The summed E-state index contributed by atoms with van der Waals surface area (Å²) >= 11 is 0. The molecule has 168 valence electrons. The van der Waals surface area contributed by atoms with Crippen LogP contribution in [0.1, 0.15) is 28.8 Å². The van der Waals surface area contributed by atoms with Crippen molar-refractivity contribution in [2.24, 2.45) is 0 Å². The number of rotatable bonds is 7. The van der Waals surface area contributed by atoms with Gasteiger partial charge in [-0.1, -0.05) is 13.0 Å². The van der Waals surface area contributed by atoms with Gasteiger partial charge in [0.25, 0.3) is 5.91 Å². The first kappa shape index (κ1) is 22.0. The van der Waals surface area contributed by atoms with Gasteiger partial charge in [-0.05, 0) is 17.7 Å². The number of amides is 1.